The molecular formula is C17H26IN5O. The molecule has 6 nitrogen and oxygen atoms in total. The molecule has 0 saturated heterocycles. The SMILES string of the molecule is CCNC(=NCc1cnn(C)c1)N(C)Cc1ccc(OC)cc1.I. The summed E-state index contributed by atoms with van der Waals surface area (Å²) in [5, 5.41) is 7.50. The van der Waals surface area contributed by atoms with Crippen LogP contribution in [-0.4, -0.2) is 41.3 Å². The molecule has 7 heteroatoms. The number of halogens is 1. The highest BCUT2D eigenvalue weighted by Crippen LogP contribution is 2.12. The monoisotopic (exact) mass is 443 g/mol. The van der Waals surface area contributed by atoms with Gasteiger partial charge in [0.15, 0.2) is 5.96 Å². The Morgan fingerprint density at radius 3 is 2.54 bits per heavy atom. The number of hydrogen-bond acceptors (Lipinski definition) is 3. The van der Waals surface area contributed by atoms with Crippen LogP contribution < -0.4 is 10.1 Å². The van der Waals surface area contributed by atoms with Crippen LogP contribution in [-0.2, 0) is 20.1 Å². The number of benzene rings is 1. The van der Waals surface area contributed by atoms with Crippen molar-refractivity contribution in [3.8, 4) is 5.75 Å². The number of rotatable bonds is 6. The van der Waals surface area contributed by atoms with Crippen molar-refractivity contribution < 1.29 is 4.74 Å². The second-order valence-corrected chi connectivity index (χ2v) is 5.40. The van der Waals surface area contributed by atoms with Gasteiger partial charge < -0.3 is 15.0 Å². The third kappa shape index (κ3) is 6.03. The Morgan fingerprint density at radius 1 is 1.29 bits per heavy atom. The predicted octanol–water partition coefficient (Wildman–Crippen LogP) is 2.64. The quantitative estimate of drug-likeness (QED) is 0.424. The molecule has 1 aromatic heterocycles. The maximum Gasteiger partial charge on any atom is 0.194 e. The van der Waals surface area contributed by atoms with Gasteiger partial charge in [0.1, 0.15) is 5.75 Å². The first-order chi connectivity index (χ1) is 11.1. The molecule has 0 saturated carbocycles. The Morgan fingerprint density at radius 2 is 2.00 bits per heavy atom. The largest absolute Gasteiger partial charge is 0.497 e. The topological polar surface area (TPSA) is 54.7 Å². The molecule has 2 aromatic rings. The van der Waals surface area contributed by atoms with Crippen LogP contribution in [0, 0.1) is 0 Å². The Hall–Kier alpha value is -1.77. The highest BCUT2D eigenvalue weighted by molar-refractivity contribution is 14.0. The minimum atomic E-state index is 0. The number of ether oxygens (including phenoxy) is 1. The van der Waals surface area contributed by atoms with Crippen LogP contribution in [0.4, 0.5) is 0 Å². The summed E-state index contributed by atoms with van der Waals surface area (Å²) in [5.41, 5.74) is 2.31. The summed E-state index contributed by atoms with van der Waals surface area (Å²) < 4.78 is 6.98. The maximum absolute atomic E-state index is 5.19. The van der Waals surface area contributed by atoms with Crippen molar-refractivity contribution in [1.82, 2.24) is 20.0 Å². The lowest BCUT2D eigenvalue weighted by atomic mass is 10.2. The molecule has 1 heterocycles. The number of nitrogens with one attached hydrogen (secondary N) is 1. The van der Waals surface area contributed by atoms with Crippen LogP contribution in [0.15, 0.2) is 41.7 Å². The van der Waals surface area contributed by atoms with Gasteiger partial charge in [-0.15, -0.1) is 24.0 Å². The van der Waals surface area contributed by atoms with Crippen molar-refractivity contribution in [2.24, 2.45) is 12.0 Å². The highest BCUT2D eigenvalue weighted by atomic mass is 127. The molecule has 1 aromatic carbocycles. The summed E-state index contributed by atoms with van der Waals surface area (Å²) in [6.45, 7) is 4.30. The van der Waals surface area contributed by atoms with E-state index in [1.807, 2.05) is 38.6 Å². The van der Waals surface area contributed by atoms with Gasteiger partial charge in [0.05, 0.1) is 19.9 Å². The van der Waals surface area contributed by atoms with Crippen molar-refractivity contribution in [2.45, 2.75) is 20.0 Å². The van der Waals surface area contributed by atoms with E-state index in [1.165, 1.54) is 5.56 Å². The first kappa shape index (κ1) is 20.3. The van der Waals surface area contributed by atoms with Crippen LogP contribution in [0.1, 0.15) is 18.1 Å². The molecular weight excluding hydrogens is 417 g/mol. The zero-order valence-electron chi connectivity index (χ0n) is 14.7. The molecule has 132 valence electrons. The van der Waals surface area contributed by atoms with Gasteiger partial charge in [-0.25, -0.2) is 4.99 Å². The Bertz CT molecular complexity index is 639. The van der Waals surface area contributed by atoms with Crippen molar-refractivity contribution in [1.29, 1.82) is 0 Å². The van der Waals surface area contributed by atoms with Crippen LogP contribution in [0.2, 0.25) is 0 Å². The normalized spacial score (nSPS) is 10.9. The van der Waals surface area contributed by atoms with Crippen LogP contribution in [0.3, 0.4) is 0 Å². The van der Waals surface area contributed by atoms with Crippen LogP contribution >= 0.6 is 24.0 Å². The second-order valence-electron chi connectivity index (χ2n) is 5.40. The fourth-order valence-corrected chi connectivity index (χ4v) is 2.27. The van der Waals surface area contributed by atoms with E-state index in [0.29, 0.717) is 6.54 Å². The molecule has 0 aliphatic heterocycles. The summed E-state index contributed by atoms with van der Waals surface area (Å²) >= 11 is 0. The van der Waals surface area contributed by atoms with Gasteiger partial charge in [-0.3, -0.25) is 4.68 Å². The molecule has 0 unspecified atom stereocenters. The molecule has 2 rings (SSSR count). The lowest BCUT2D eigenvalue weighted by Crippen LogP contribution is -2.38. The third-order valence-corrected chi connectivity index (χ3v) is 3.45. The summed E-state index contributed by atoms with van der Waals surface area (Å²) in [7, 11) is 5.62. The van der Waals surface area contributed by atoms with E-state index in [0.717, 1.165) is 30.4 Å². The fraction of sp³-hybridized carbons (Fsp3) is 0.412. The summed E-state index contributed by atoms with van der Waals surface area (Å²) in [4.78, 5) is 6.79. The van der Waals surface area contributed by atoms with Gasteiger partial charge in [-0.1, -0.05) is 12.1 Å². The van der Waals surface area contributed by atoms with Crippen molar-refractivity contribution >= 4 is 29.9 Å². The van der Waals surface area contributed by atoms with Gasteiger partial charge in [-0.2, -0.15) is 5.10 Å². The van der Waals surface area contributed by atoms with Gasteiger partial charge >= 0.3 is 0 Å². The first-order valence-corrected chi connectivity index (χ1v) is 7.72. The van der Waals surface area contributed by atoms with E-state index in [2.05, 4.69) is 39.4 Å². The number of guanidine groups is 1. The minimum Gasteiger partial charge on any atom is -0.497 e. The van der Waals surface area contributed by atoms with Crippen LogP contribution in [0.25, 0.3) is 0 Å². The standard InChI is InChI=1S/C17H25N5O.HI/c1-5-18-17(19-10-15-11-20-22(3)13-15)21(2)12-14-6-8-16(23-4)9-7-14;/h6-9,11,13H,5,10,12H2,1-4H3,(H,18,19);1H. The lowest BCUT2D eigenvalue weighted by molar-refractivity contribution is 0.414. The van der Waals surface area contributed by atoms with Crippen molar-refractivity contribution in [3.63, 3.8) is 0 Å². The smallest absolute Gasteiger partial charge is 0.194 e. The number of methoxy groups -OCH3 is 1. The second kappa shape index (κ2) is 10.2. The molecule has 0 aliphatic rings. The van der Waals surface area contributed by atoms with E-state index in [-0.39, 0.29) is 24.0 Å². The highest BCUT2D eigenvalue weighted by Gasteiger charge is 2.07. The van der Waals surface area contributed by atoms with E-state index in [1.54, 1.807) is 11.8 Å². The van der Waals surface area contributed by atoms with Gasteiger partial charge in [0.25, 0.3) is 0 Å². The lowest BCUT2D eigenvalue weighted by Gasteiger charge is -2.22. The van der Waals surface area contributed by atoms with E-state index < -0.39 is 0 Å². The number of aromatic nitrogens is 2. The predicted molar refractivity (Wildman–Crippen MR) is 108 cm³/mol. The summed E-state index contributed by atoms with van der Waals surface area (Å²) in [5.74, 6) is 1.75. The Labute approximate surface area is 160 Å². The van der Waals surface area contributed by atoms with Gasteiger partial charge in [-0.05, 0) is 24.6 Å². The number of nitrogens with zero attached hydrogens (tertiary/aromatic N) is 4. The molecule has 24 heavy (non-hydrogen) atoms. The number of aliphatic imine (C=N–C) groups is 1. The number of hydrogen-bond donors (Lipinski definition) is 1. The first-order valence-electron chi connectivity index (χ1n) is 7.72. The maximum atomic E-state index is 5.19. The Balaban J connectivity index is 0.00000288. The van der Waals surface area contributed by atoms with E-state index in [9.17, 15) is 0 Å². The van der Waals surface area contributed by atoms with Crippen molar-refractivity contribution in [3.05, 3.63) is 47.8 Å². The van der Waals surface area contributed by atoms with E-state index in [4.69, 9.17) is 4.74 Å². The average molecular weight is 443 g/mol. The zero-order chi connectivity index (χ0) is 16.7. The van der Waals surface area contributed by atoms with Gasteiger partial charge in [0.2, 0.25) is 0 Å². The molecule has 0 amide bonds. The van der Waals surface area contributed by atoms with Gasteiger partial charge in [0, 0.05) is 38.9 Å². The molecule has 0 spiro atoms. The summed E-state index contributed by atoms with van der Waals surface area (Å²) in [6, 6.07) is 8.09. The number of aryl methyl sites for hydroxylation is 1. The molecule has 1 N–H and O–H groups in total. The Kier molecular flexibility index (Phi) is 8.59. The minimum absolute atomic E-state index is 0. The molecule has 0 atom stereocenters. The fourth-order valence-electron chi connectivity index (χ4n) is 2.27. The van der Waals surface area contributed by atoms with E-state index >= 15 is 0 Å². The molecule has 0 aliphatic carbocycles. The third-order valence-electron chi connectivity index (χ3n) is 3.45. The van der Waals surface area contributed by atoms with Crippen LogP contribution in [0.5, 0.6) is 5.75 Å². The zero-order valence-corrected chi connectivity index (χ0v) is 17.0. The molecule has 0 radical (unpaired) electrons. The molecule has 0 fully saturated rings. The summed E-state index contributed by atoms with van der Waals surface area (Å²) in [6.07, 6.45) is 3.83. The van der Waals surface area contributed by atoms with Crippen molar-refractivity contribution in [2.75, 3.05) is 20.7 Å². The molecule has 0 bridgehead atoms. The average Bonchev–Trinajstić information content (AvgIpc) is 2.97.